The molecule has 0 bridgehead atoms. The molecule has 0 spiro atoms. The Morgan fingerprint density at radius 2 is 1.76 bits per heavy atom. The molecule has 0 saturated carbocycles. The molecule has 0 fully saturated rings. The predicted molar refractivity (Wildman–Crippen MR) is 96.7 cm³/mol. The Morgan fingerprint density at radius 3 is 2.36 bits per heavy atom. The number of nitrogens with one attached hydrogen (secondary N) is 1. The average Bonchev–Trinajstić information content (AvgIpc) is 2.96. The summed E-state index contributed by atoms with van der Waals surface area (Å²) in [4.78, 5) is 24.8. The van der Waals surface area contributed by atoms with Gasteiger partial charge in [-0.2, -0.15) is 0 Å². The molecule has 1 atom stereocenters. The second-order valence-corrected chi connectivity index (χ2v) is 6.60. The van der Waals surface area contributed by atoms with Crippen molar-refractivity contribution < 1.29 is 19.1 Å². The molecule has 0 aliphatic carbocycles. The zero-order valence-corrected chi connectivity index (χ0v) is 14.9. The molecule has 1 aromatic heterocycles. The largest absolute Gasteiger partial charge is 0.466 e. The molecule has 2 aromatic rings. The molecule has 7 heteroatoms. The van der Waals surface area contributed by atoms with Gasteiger partial charge in [0.05, 0.1) is 30.5 Å². The Kier molecular flexibility index (Phi) is 4.50. The normalized spacial score (nSPS) is 16.0. The zero-order valence-electron chi connectivity index (χ0n) is 14.1. The summed E-state index contributed by atoms with van der Waals surface area (Å²) in [6.07, 6.45) is 0. The number of benzene rings is 1. The topological polar surface area (TPSA) is 90.6 Å². The lowest BCUT2D eigenvalue weighted by atomic mass is 9.82. The maximum atomic E-state index is 12.4. The second kappa shape index (κ2) is 6.60. The van der Waals surface area contributed by atoms with Crippen LogP contribution >= 0.6 is 11.3 Å². The molecule has 130 valence electrons. The second-order valence-electron chi connectivity index (χ2n) is 5.58. The monoisotopic (exact) mass is 358 g/mol. The quantitative estimate of drug-likeness (QED) is 0.819. The van der Waals surface area contributed by atoms with E-state index < -0.39 is 17.9 Å². The van der Waals surface area contributed by atoms with Crippen molar-refractivity contribution in [1.82, 2.24) is 0 Å². The molecular weight excluding hydrogens is 340 g/mol. The maximum Gasteiger partial charge on any atom is 0.350 e. The standard InChI is InChI=1S/C18H18N2O4S/c1-9-11(17(21)23-2)12(10-7-5-4-6-8-10)13-14(19)15(18(22)24-3)25-16(13)20-9/h4-8,12,20H,19H2,1-3H3. The van der Waals surface area contributed by atoms with E-state index in [4.69, 9.17) is 15.2 Å². The molecule has 1 aromatic carbocycles. The predicted octanol–water partition coefficient (Wildman–Crippen LogP) is 3.12. The van der Waals surface area contributed by atoms with E-state index in [0.29, 0.717) is 27.4 Å². The summed E-state index contributed by atoms with van der Waals surface area (Å²) in [5.74, 6) is -1.35. The number of nitrogen functional groups attached to an aromatic ring is 1. The number of anilines is 2. The van der Waals surface area contributed by atoms with Gasteiger partial charge in [-0.05, 0) is 12.5 Å². The fourth-order valence-corrected chi connectivity index (χ4v) is 4.17. The lowest BCUT2D eigenvalue weighted by molar-refractivity contribution is -0.136. The zero-order chi connectivity index (χ0) is 18.1. The number of nitrogens with two attached hydrogens (primary N) is 1. The number of hydrogen-bond acceptors (Lipinski definition) is 7. The first-order valence-electron chi connectivity index (χ1n) is 7.61. The molecule has 0 saturated heterocycles. The van der Waals surface area contributed by atoms with Crippen molar-refractivity contribution in [2.75, 3.05) is 25.3 Å². The van der Waals surface area contributed by atoms with Gasteiger partial charge in [0.1, 0.15) is 4.88 Å². The van der Waals surface area contributed by atoms with Crippen molar-refractivity contribution in [3.63, 3.8) is 0 Å². The van der Waals surface area contributed by atoms with E-state index in [9.17, 15) is 9.59 Å². The summed E-state index contributed by atoms with van der Waals surface area (Å²) in [5, 5.41) is 3.91. The van der Waals surface area contributed by atoms with Crippen LogP contribution in [0.2, 0.25) is 0 Å². The number of rotatable bonds is 3. The minimum atomic E-state index is -0.497. The molecule has 1 aliphatic rings. The van der Waals surface area contributed by atoms with Gasteiger partial charge in [0.25, 0.3) is 0 Å². The molecule has 25 heavy (non-hydrogen) atoms. The van der Waals surface area contributed by atoms with Gasteiger partial charge in [0.2, 0.25) is 0 Å². The van der Waals surface area contributed by atoms with Crippen molar-refractivity contribution in [1.29, 1.82) is 0 Å². The van der Waals surface area contributed by atoms with Gasteiger partial charge >= 0.3 is 11.9 Å². The van der Waals surface area contributed by atoms with E-state index >= 15 is 0 Å². The van der Waals surface area contributed by atoms with Crippen molar-refractivity contribution in [2.45, 2.75) is 12.8 Å². The molecule has 2 heterocycles. The summed E-state index contributed by atoms with van der Waals surface area (Å²) in [6.45, 7) is 1.80. The highest BCUT2D eigenvalue weighted by atomic mass is 32.1. The molecule has 3 N–H and O–H groups in total. The van der Waals surface area contributed by atoms with E-state index in [1.54, 1.807) is 6.92 Å². The summed E-state index contributed by atoms with van der Waals surface area (Å²) >= 11 is 1.22. The number of allylic oxidation sites excluding steroid dienone is 1. The fraction of sp³-hybridized carbons (Fsp3) is 0.222. The fourth-order valence-electron chi connectivity index (χ4n) is 3.04. The first-order valence-corrected chi connectivity index (χ1v) is 8.42. The van der Waals surface area contributed by atoms with Crippen LogP contribution in [-0.2, 0) is 14.3 Å². The van der Waals surface area contributed by atoms with Crippen molar-refractivity contribution in [3.8, 4) is 0 Å². The van der Waals surface area contributed by atoms with Crippen LogP contribution in [0.25, 0.3) is 0 Å². The summed E-state index contributed by atoms with van der Waals surface area (Å²) in [6, 6.07) is 9.53. The van der Waals surface area contributed by atoms with Gasteiger partial charge in [0.15, 0.2) is 0 Å². The SMILES string of the molecule is COC(=O)C1=C(C)Nc2sc(C(=O)OC)c(N)c2C1c1ccccc1. The van der Waals surface area contributed by atoms with E-state index in [1.165, 1.54) is 25.6 Å². The van der Waals surface area contributed by atoms with Gasteiger partial charge in [-0.1, -0.05) is 30.3 Å². The Morgan fingerprint density at radius 1 is 1.12 bits per heavy atom. The minimum absolute atomic E-state index is 0.319. The number of thiophene rings is 1. The van der Waals surface area contributed by atoms with Crippen LogP contribution in [-0.4, -0.2) is 26.2 Å². The Bertz CT molecular complexity index is 871. The first-order chi connectivity index (χ1) is 12.0. The Labute approximate surface area is 149 Å². The highest BCUT2D eigenvalue weighted by Gasteiger charge is 2.37. The third-order valence-electron chi connectivity index (χ3n) is 4.17. The van der Waals surface area contributed by atoms with E-state index in [-0.39, 0.29) is 0 Å². The van der Waals surface area contributed by atoms with Crippen molar-refractivity contribution in [3.05, 3.63) is 57.6 Å². The van der Waals surface area contributed by atoms with Gasteiger partial charge in [-0.3, -0.25) is 0 Å². The third kappa shape index (κ3) is 2.76. The molecule has 0 radical (unpaired) electrons. The minimum Gasteiger partial charge on any atom is -0.466 e. The number of carbonyl (C=O) groups is 2. The van der Waals surface area contributed by atoms with Crippen LogP contribution in [0.4, 0.5) is 10.7 Å². The number of carbonyl (C=O) groups excluding carboxylic acids is 2. The number of methoxy groups -OCH3 is 2. The smallest absolute Gasteiger partial charge is 0.350 e. The van der Waals surface area contributed by atoms with Crippen LogP contribution < -0.4 is 11.1 Å². The summed E-state index contributed by atoms with van der Waals surface area (Å²) in [7, 11) is 2.66. The van der Waals surface area contributed by atoms with Gasteiger partial charge in [-0.25, -0.2) is 9.59 Å². The highest BCUT2D eigenvalue weighted by molar-refractivity contribution is 7.18. The molecule has 6 nitrogen and oxygen atoms in total. The molecule has 3 rings (SSSR count). The summed E-state index contributed by atoms with van der Waals surface area (Å²) in [5.41, 5.74) is 9.33. The van der Waals surface area contributed by atoms with Crippen LogP contribution in [0.3, 0.4) is 0 Å². The molecule has 1 aliphatic heterocycles. The molecular formula is C18H18N2O4S. The average molecular weight is 358 g/mol. The Hall–Kier alpha value is -2.80. The maximum absolute atomic E-state index is 12.4. The van der Waals surface area contributed by atoms with Crippen LogP contribution in [0.1, 0.15) is 33.6 Å². The van der Waals surface area contributed by atoms with E-state index in [2.05, 4.69) is 5.32 Å². The van der Waals surface area contributed by atoms with Crippen molar-refractivity contribution in [2.24, 2.45) is 0 Å². The van der Waals surface area contributed by atoms with Gasteiger partial charge < -0.3 is 20.5 Å². The summed E-state index contributed by atoms with van der Waals surface area (Å²) < 4.78 is 9.79. The van der Waals surface area contributed by atoms with Crippen LogP contribution in [0.5, 0.6) is 0 Å². The van der Waals surface area contributed by atoms with E-state index in [0.717, 1.165) is 10.6 Å². The third-order valence-corrected chi connectivity index (χ3v) is 5.29. The molecule has 0 amide bonds. The van der Waals surface area contributed by atoms with Gasteiger partial charge in [0, 0.05) is 17.2 Å². The highest BCUT2D eigenvalue weighted by Crippen LogP contribution is 2.50. The molecule has 1 unspecified atom stereocenters. The number of hydrogen-bond donors (Lipinski definition) is 2. The number of esters is 2. The van der Waals surface area contributed by atoms with E-state index in [1.807, 2.05) is 30.3 Å². The number of fused-ring (bicyclic) bond motifs is 1. The van der Waals surface area contributed by atoms with Gasteiger partial charge in [-0.15, -0.1) is 11.3 Å². The van der Waals surface area contributed by atoms with Crippen LogP contribution in [0.15, 0.2) is 41.6 Å². The number of ether oxygens (including phenoxy) is 2. The Balaban J connectivity index is 2.25. The first kappa shape index (κ1) is 17.0. The lowest BCUT2D eigenvalue weighted by Crippen LogP contribution is -2.23. The lowest BCUT2D eigenvalue weighted by Gasteiger charge is -2.28. The van der Waals surface area contributed by atoms with Crippen LogP contribution in [0, 0.1) is 0 Å². The van der Waals surface area contributed by atoms with Crippen molar-refractivity contribution >= 4 is 34.0 Å².